The number of nitrogens with one attached hydrogen (secondary N) is 1. The van der Waals surface area contributed by atoms with E-state index in [-0.39, 0.29) is 12.5 Å². The van der Waals surface area contributed by atoms with Crippen LogP contribution in [0.2, 0.25) is 0 Å². The molecule has 8 heteroatoms. The maximum Gasteiger partial charge on any atom is 0.244 e. The van der Waals surface area contributed by atoms with E-state index in [9.17, 15) is 18.0 Å². The maximum absolute atomic E-state index is 14.0. The van der Waals surface area contributed by atoms with Gasteiger partial charge in [-0.15, -0.1) is 0 Å². The highest BCUT2D eigenvalue weighted by molar-refractivity contribution is 7.92. The van der Waals surface area contributed by atoms with E-state index in [4.69, 9.17) is 0 Å². The van der Waals surface area contributed by atoms with Gasteiger partial charge in [0.15, 0.2) is 0 Å². The fraction of sp³-hybridized carbons (Fsp3) is 0.310. The molecule has 37 heavy (non-hydrogen) atoms. The lowest BCUT2D eigenvalue weighted by Gasteiger charge is -2.34. The van der Waals surface area contributed by atoms with Gasteiger partial charge in [0.25, 0.3) is 0 Å². The molecule has 3 rings (SSSR count). The van der Waals surface area contributed by atoms with Gasteiger partial charge in [-0.05, 0) is 48.6 Å². The zero-order valence-corrected chi connectivity index (χ0v) is 22.9. The summed E-state index contributed by atoms with van der Waals surface area (Å²) in [6, 6.07) is 21.8. The smallest absolute Gasteiger partial charge is 0.244 e. The summed E-state index contributed by atoms with van der Waals surface area (Å²) in [5.41, 5.74) is 4.73. The molecule has 2 amide bonds. The van der Waals surface area contributed by atoms with E-state index in [1.807, 2.05) is 93.6 Å². The summed E-state index contributed by atoms with van der Waals surface area (Å²) < 4.78 is 27.0. The molecule has 0 bridgehead atoms. The van der Waals surface area contributed by atoms with Crippen LogP contribution in [-0.4, -0.2) is 51.0 Å². The molecule has 0 spiro atoms. The second-order valence-electron chi connectivity index (χ2n) is 9.28. The summed E-state index contributed by atoms with van der Waals surface area (Å²) in [5, 5.41) is 2.69. The number of benzene rings is 3. The first kappa shape index (κ1) is 27.9. The van der Waals surface area contributed by atoms with E-state index in [2.05, 4.69) is 5.32 Å². The molecule has 0 unspecified atom stereocenters. The summed E-state index contributed by atoms with van der Waals surface area (Å²) in [7, 11) is -2.26. The number of carbonyl (C=O) groups excluding carboxylic acids is 2. The Morgan fingerprint density at radius 3 is 1.97 bits per heavy atom. The first-order valence-electron chi connectivity index (χ1n) is 12.2. The Morgan fingerprint density at radius 2 is 1.41 bits per heavy atom. The van der Waals surface area contributed by atoms with E-state index in [1.165, 1.54) is 11.9 Å². The van der Waals surface area contributed by atoms with Crippen molar-refractivity contribution >= 4 is 27.5 Å². The molecule has 0 radical (unpaired) electrons. The normalized spacial score (nSPS) is 12.0. The number of nitrogens with zero attached hydrogens (tertiary/aromatic N) is 2. The Kier molecular flexibility index (Phi) is 9.10. The van der Waals surface area contributed by atoms with Crippen molar-refractivity contribution in [1.29, 1.82) is 0 Å². The minimum absolute atomic E-state index is 0.167. The highest BCUT2D eigenvalue weighted by atomic mass is 32.2. The average molecular weight is 522 g/mol. The fourth-order valence-electron chi connectivity index (χ4n) is 4.47. The predicted octanol–water partition coefficient (Wildman–Crippen LogP) is 3.76. The highest BCUT2D eigenvalue weighted by Crippen LogP contribution is 2.27. The minimum atomic E-state index is -3.80. The lowest BCUT2D eigenvalue weighted by Crippen LogP contribution is -2.53. The molecule has 1 N–H and O–H groups in total. The van der Waals surface area contributed by atoms with Gasteiger partial charge < -0.3 is 10.2 Å². The summed E-state index contributed by atoms with van der Waals surface area (Å²) in [6.45, 7) is 5.33. The number of sulfonamides is 1. The molecule has 0 aliphatic rings. The molecule has 0 saturated heterocycles. The number of hydrogen-bond acceptors (Lipinski definition) is 4. The zero-order chi connectivity index (χ0) is 27.2. The van der Waals surface area contributed by atoms with Crippen LogP contribution in [0.4, 0.5) is 5.69 Å². The monoisotopic (exact) mass is 521 g/mol. The van der Waals surface area contributed by atoms with E-state index >= 15 is 0 Å². The van der Waals surface area contributed by atoms with Gasteiger partial charge in [0.2, 0.25) is 21.8 Å². The fourth-order valence-corrected chi connectivity index (χ4v) is 5.43. The number of anilines is 1. The van der Waals surface area contributed by atoms with Gasteiger partial charge in [-0.3, -0.25) is 13.9 Å². The van der Waals surface area contributed by atoms with Crippen molar-refractivity contribution in [2.75, 3.05) is 24.2 Å². The summed E-state index contributed by atoms with van der Waals surface area (Å²) >= 11 is 0. The van der Waals surface area contributed by atoms with Gasteiger partial charge >= 0.3 is 0 Å². The maximum atomic E-state index is 14.0. The third-order valence-corrected chi connectivity index (χ3v) is 7.60. The number of aryl methyl sites for hydroxylation is 3. The lowest BCUT2D eigenvalue weighted by atomic mass is 10.0. The molecular weight excluding hydrogens is 486 g/mol. The molecule has 7 nitrogen and oxygen atoms in total. The summed E-state index contributed by atoms with van der Waals surface area (Å²) in [5.74, 6) is -0.773. The van der Waals surface area contributed by atoms with Gasteiger partial charge in [-0.1, -0.05) is 72.8 Å². The predicted molar refractivity (Wildman–Crippen MR) is 148 cm³/mol. The summed E-state index contributed by atoms with van der Waals surface area (Å²) in [6.07, 6.45) is 1.39. The van der Waals surface area contributed by atoms with Crippen LogP contribution >= 0.6 is 0 Å². The molecule has 0 aliphatic heterocycles. The molecule has 0 aromatic heterocycles. The molecular formula is C29H35N3O4S. The molecule has 196 valence electrons. The van der Waals surface area contributed by atoms with Crippen molar-refractivity contribution in [3.05, 3.63) is 101 Å². The van der Waals surface area contributed by atoms with Crippen molar-refractivity contribution in [3.8, 4) is 0 Å². The Hall–Kier alpha value is -3.65. The number of hydrogen-bond donors (Lipinski definition) is 1. The van der Waals surface area contributed by atoms with Crippen LogP contribution < -0.4 is 9.62 Å². The molecule has 3 aromatic carbocycles. The van der Waals surface area contributed by atoms with E-state index in [0.29, 0.717) is 12.1 Å². The van der Waals surface area contributed by atoms with Crippen molar-refractivity contribution in [1.82, 2.24) is 10.2 Å². The van der Waals surface area contributed by atoms with Gasteiger partial charge in [0, 0.05) is 20.0 Å². The van der Waals surface area contributed by atoms with Crippen LogP contribution in [0.5, 0.6) is 0 Å². The van der Waals surface area contributed by atoms with Gasteiger partial charge in [0.05, 0.1) is 11.9 Å². The van der Waals surface area contributed by atoms with Crippen LogP contribution in [0, 0.1) is 20.8 Å². The number of para-hydroxylation sites is 1. The Morgan fingerprint density at radius 1 is 0.838 bits per heavy atom. The third kappa shape index (κ3) is 6.98. The van der Waals surface area contributed by atoms with Crippen LogP contribution in [0.3, 0.4) is 0 Å². The first-order valence-corrected chi connectivity index (χ1v) is 14.0. The number of rotatable bonds is 10. The van der Waals surface area contributed by atoms with Gasteiger partial charge in [-0.2, -0.15) is 0 Å². The van der Waals surface area contributed by atoms with E-state index in [0.717, 1.165) is 38.4 Å². The van der Waals surface area contributed by atoms with Crippen molar-refractivity contribution in [2.24, 2.45) is 0 Å². The molecule has 0 saturated carbocycles. The summed E-state index contributed by atoms with van der Waals surface area (Å²) in [4.78, 5) is 28.7. The Bertz CT molecular complexity index is 1340. The number of likely N-dealkylation sites (N-methyl/N-ethyl adjacent to an activating group) is 1. The van der Waals surface area contributed by atoms with Gasteiger partial charge in [-0.25, -0.2) is 8.42 Å². The first-order chi connectivity index (χ1) is 17.5. The van der Waals surface area contributed by atoms with Crippen molar-refractivity contribution < 1.29 is 18.0 Å². The van der Waals surface area contributed by atoms with Crippen molar-refractivity contribution in [3.63, 3.8) is 0 Å². The van der Waals surface area contributed by atoms with Crippen LogP contribution in [0.1, 0.15) is 27.8 Å². The molecule has 0 aliphatic carbocycles. The molecule has 0 fully saturated rings. The van der Waals surface area contributed by atoms with Gasteiger partial charge in [0.1, 0.15) is 12.6 Å². The topological polar surface area (TPSA) is 86.8 Å². The van der Waals surface area contributed by atoms with E-state index in [1.54, 1.807) is 0 Å². The Labute approximate surface area is 220 Å². The van der Waals surface area contributed by atoms with Crippen LogP contribution in [0.25, 0.3) is 0 Å². The van der Waals surface area contributed by atoms with Crippen molar-refractivity contribution in [2.45, 2.75) is 39.8 Å². The second kappa shape index (κ2) is 12.1. The average Bonchev–Trinajstić information content (AvgIpc) is 2.86. The minimum Gasteiger partial charge on any atom is -0.357 e. The highest BCUT2D eigenvalue weighted by Gasteiger charge is 2.33. The lowest BCUT2D eigenvalue weighted by molar-refractivity contribution is -0.139. The third-order valence-electron chi connectivity index (χ3n) is 6.49. The Balaban J connectivity index is 2.08. The SMILES string of the molecule is CNC(=O)[C@H](Cc1ccccc1)N(Cc1ccccc1C)C(=O)CN(c1c(C)cccc1C)S(C)(=O)=O. The second-order valence-corrected chi connectivity index (χ2v) is 11.2. The largest absolute Gasteiger partial charge is 0.357 e. The standard InChI is InChI=1S/C29H35N3O4S/c1-21-12-9-10-17-25(21)19-31(26(29(34)30-4)18-24-15-7-6-8-16-24)27(33)20-32(37(5,35)36)28-22(2)13-11-14-23(28)3/h6-17,26H,18-20H2,1-5H3,(H,30,34)/t26-/m0/s1. The quantitative estimate of drug-likeness (QED) is 0.440. The number of carbonyl (C=O) groups is 2. The van der Waals surface area contributed by atoms with Crippen LogP contribution in [-0.2, 0) is 32.6 Å². The molecule has 0 heterocycles. The number of amides is 2. The molecule has 3 aromatic rings. The van der Waals surface area contributed by atoms with Crippen LogP contribution in [0.15, 0.2) is 72.8 Å². The molecule has 1 atom stereocenters. The zero-order valence-electron chi connectivity index (χ0n) is 22.1. The van der Waals surface area contributed by atoms with E-state index < -0.39 is 28.5 Å².